The van der Waals surface area contributed by atoms with Crippen molar-refractivity contribution in [1.82, 2.24) is 5.32 Å². The van der Waals surface area contributed by atoms with Gasteiger partial charge in [-0.2, -0.15) is 16.6 Å². The van der Waals surface area contributed by atoms with Crippen LogP contribution in [-0.2, 0) is 0 Å². The highest BCUT2D eigenvalue weighted by atomic mass is 79.9. The zero-order valence-electron chi connectivity index (χ0n) is 10.2. The normalized spacial score (nSPS) is 11.6. The lowest BCUT2D eigenvalue weighted by Crippen LogP contribution is -2.27. The Hall–Kier alpha value is -1.64. The summed E-state index contributed by atoms with van der Waals surface area (Å²) in [6, 6.07) is 8.80. The summed E-state index contributed by atoms with van der Waals surface area (Å²) in [5, 5.41) is 15.6. The summed E-state index contributed by atoms with van der Waals surface area (Å²) >= 11 is 4.87. The predicted molar refractivity (Wildman–Crippen MR) is 79.0 cm³/mol. The molecule has 1 aromatic carbocycles. The van der Waals surface area contributed by atoms with E-state index in [1.807, 2.05) is 35.9 Å². The lowest BCUT2D eigenvalue weighted by atomic mass is 10.1. The van der Waals surface area contributed by atoms with Crippen molar-refractivity contribution in [1.29, 1.82) is 5.26 Å². The molecular weight excluding hydrogens is 324 g/mol. The highest BCUT2D eigenvalue weighted by Gasteiger charge is 2.17. The maximum Gasteiger partial charge on any atom is 0.253 e. The van der Waals surface area contributed by atoms with Gasteiger partial charge in [0, 0.05) is 4.47 Å². The van der Waals surface area contributed by atoms with Gasteiger partial charge >= 0.3 is 0 Å². The largest absolute Gasteiger partial charge is 0.332 e. The molecule has 1 N–H and O–H groups in total. The van der Waals surface area contributed by atoms with E-state index >= 15 is 0 Å². The number of halogens is 1. The average molecular weight is 335 g/mol. The van der Waals surface area contributed by atoms with Gasteiger partial charge in [0.15, 0.2) is 0 Å². The average Bonchev–Trinajstić information content (AvgIpc) is 2.89. The van der Waals surface area contributed by atoms with Gasteiger partial charge in [0.05, 0.1) is 11.6 Å². The number of carbonyl (C=O) groups is 1. The molecule has 0 fully saturated rings. The van der Waals surface area contributed by atoms with Gasteiger partial charge in [-0.05, 0) is 62.9 Å². The van der Waals surface area contributed by atoms with Gasteiger partial charge in [-0.25, -0.2) is 0 Å². The SMILES string of the molecule is Cc1ccc(C(=O)N[C@@H](C#N)c2ccsc2)c(Br)c1. The van der Waals surface area contributed by atoms with E-state index in [1.165, 1.54) is 11.3 Å². The molecule has 5 heteroatoms. The third kappa shape index (κ3) is 3.22. The molecule has 1 aromatic heterocycles. The summed E-state index contributed by atoms with van der Waals surface area (Å²) in [5.74, 6) is -0.260. The molecule has 1 amide bonds. The molecule has 1 atom stereocenters. The Balaban J connectivity index is 2.19. The van der Waals surface area contributed by atoms with Crippen LogP contribution in [0.3, 0.4) is 0 Å². The molecule has 19 heavy (non-hydrogen) atoms. The standard InChI is InChI=1S/C14H11BrN2OS/c1-9-2-3-11(12(15)6-9)14(18)17-13(7-16)10-4-5-19-8-10/h2-6,8,13H,1H3,(H,17,18)/t13-/m0/s1. The van der Waals surface area contributed by atoms with Crippen molar-refractivity contribution < 1.29 is 4.79 Å². The van der Waals surface area contributed by atoms with Gasteiger partial charge in [-0.1, -0.05) is 6.07 Å². The summed E-state index contributed by atoms with van der Waals surface area (Å²) < 4.78 is 0.729. The summed E-state index contributed by atoms with van der Waals surface area (Å²) in [6.07, 6.45) is 0. The van der Waals surface area contributed by atoms with Crippen LogP contribution in [0.25, 0.3) is 0 Å². The lowest BCUT2D eigenvalue weighted by molar-refractivity contribution is 0.0944. The van der Waals surface area contributed by atoms with E-state index in [-0.39, 0.29) is 5.91 Å². The molecular formula is C14H11BrN2OS. The van der Waals surface area contributed by atoms with Crippen LogP contribution in [0.4, 0.5) is 0 Å². The molecule has 0 unspecified atom stereocenters. The monoisotopic (exact) mass is 334 g/mol. The van der Waals surface area contributed by atoms with Crippen LogP contribution in [0, 0.1) is 18.3 Å². The minimum absolute atomic E-state index is 0.260. The fourth-order valence-electron chi connectivity index (χ4n) is 1.64. The van der Waals surface area contributed by atoms with Crippen LogP contribution >= 0.6 is 27.3 Å². The van der Waals surface area contributed by atoms with Crippen LogP contribution in [0.5, 0.6) is 0 Å². The van der Waals surface area contributed by atoms with Crippen LogP contribution in [0.2, 0.25) is 0 Å². The molecule has 96 valence electrons. The Morgan fingerprint density at radius 2 is 2.26 bits per heavy atom. The van der Waals surface area contributed by atoms with Crippen molar-refractivity contribution in [2.45, 2.75) is 13.0 Å². The third-order valence-corrected chi connectivity index (χ3v) is 4.01. The summed E-state index contributed by atoms with van der Waals surface area (Å²) in [4.78, 5) is 12.2. The highest BCUT2D eigenvalue weighted by molar-refractivity contribution is 9.10. The number of nitrogens with zero attached hydrogens (tertiary/aromatic N) is 1. The van der Waals surface area contributed by atoms with Gasteiger partial charge in [0.1, 0.15) is 6.04 Å². The molecule has 0 bridgehead atoms. The Kier molecular flexibility index (Phi) is 4.35. The van der Waals surface area contributed by atoms with E-state index in [0.717, 1.165) is 15.6 Å². The fraction of sp³-hybridized carbons (Fsp3) is 0.143. The smallest absolute Gasteiger partial charge is 0.253 e. The van der Waals surface area contributed by atoms with Crippen molar-refractivity contribution in [2.24, 2.45) is 0 Å². The summed E-state index contributed by atoms with van der Waals surface area (Å²) in [7, 11) is 0. The molecule has 0 aliphatic heterocycles. The van der Waals surface area contributed by atoms with Crippen LogP contribution in [-0.4, -0.2) is 5.91 Å². The Morgan fingerprint density at radius 3 is 2.84 bits per heavy atom. The molecule has 0 aliphatic rings. The van der Waals surface area contributed by atoms with Gasteiger partial charge in [0.2, 0.25) is 0 Å². The van der Waals surface area contributed by atoms with Crippen LogP contribution in [0.1, 0.15) is 27.5 Å². The number of aryl methyl sites for hydroxylation is 1. The molecule has 0 aliphatic carbocycles. The van der Waals surface area contributed by atoms with E-state index in [1.54, 1.807) is 6.07 Å². The van der Waals surface area contributed by atoms with Gasteiger partial charge in [0.25, 0.3) is 5.91 Å². The van der Waals surface area contributed by atoms with E-state index < -0.39 is 6.04 Å². The second kappa shape index (κ2) is 6.00. The molecule has 3 nitrogen and oxygen atoms in total. The zero-order chi connectivity index (χ0) is 13.8. The van der Waals surface area contributed by atoms with E-state index in [4.69, 9.17) is 5.26 Å². The highest BCUT2D eigenvalue weighted by Crippen LogP contribution is 2.20. The van der Waals surface area contributed by atoms with E-state index in [9.17, 15) is 4.79 Å². The Labute approximate surface area is 124 Å². The first kappa shape index (κ1) is 13.8. The number of thiophene rings is 1. The zero-order valence-corrected chi connectivity index (χ0v) is 12.6. The van der Waals surface area contributed by atoms with Crippen molar-refractivity contribution in [3.8, 4) is 6.07 Å². The Morgan fingerprint density at radius 1 is 1.47 bits per heavy atom. The summed E-state index contributed by atoms with van der Waals surface area (Å²) in [5.41, 5.74) is 2.41. The molecule has 0 saturated heterocycles. The number of amides is 1. The minimum Gasteiger partial charge on any atom is -0.332 e. The fourth-order valence-corrected chi connectivity index (χ4v) is 3.00. The molecule has 2 rings (SSSR count). The Bertz CT molecular complexity index is 631. The predicted octanol–water partition coefficient (Wildman–Crippen LogP) is 3.81. The van der Waals surface area contributed by atoms with Crippen LogP contribution in [0.15, 0.2) is 39.5 Å². The number of carbonyl (C=O) groups excluding carboxylic acids is 1. The van der Waals surface area contributed by atoms with Crippen molar-refractivity contribution >= 4 is 33.2 Å². The van der Waals surface area contributed by atoms with E-state index in [2.05, 4.69) is 27.3 Å². The number of hydrogen-bond acceptors (Lipinski definition) is 3. The maximum absolute atomic E-state index is 12.2. The van der Waals surface area contributed by atoms with Crippen LogP contribution < -0.4 is 5.32 Å². The number of nitriles is 1. The molecule has 0 saturated carbocycles. The summed E-state index contributed by atoms with van der Waals surface area (Å²) in [6.45, 7) is 1.95. The lowest BCUT2D eigenvalue weighted by Gasteiger charge is -2.11. The topological polar surface area (TPSA) is 52.9 Å². The van der Waals surface area contributed by atoms with Crippen molar-refractivity contribution in [2.75, 3.05) is 0 Å². The first-order valence-corrected chi connectivity index (χ1v) is 7.34. The quantitative estimate of drug-likeness (QED) is 0.927. The van der Waals surface area contributed by atoms with Crippen molar-refractivity contribution in [3.63, 3.8) is 0 Å². The third-order valence-electron chi connectivity index (χ3n) is 2.65. The van der Waals surface area contributed by atoms with Gasteiger partial charge < -0.3 is 5.32 Å². The number of hydrogen-bond donors (Lipinski definition) is 1. The molecule has 1 heterocycles. The number of benzene rings is 1. The first-order valence-electron chi connectivity index (χ1n) is 5.60. The van der Waals surface area contributed by atoms with E-state index in [0.29, 0.717) is 5.56 Å². The molecule has 2 aromatic rings. The first-order chi connectivity index (χ1) is 9.11. The van der Waals surface area contributed by atoms with Crippen molar-refractivity contribution in [3.05, 3.63) is 56.2 Å². The second-order valence-electron chi connectivity index (χ2n) is 4.08. The van der Waals surface area contributed by atoms with Gasteiger partial charge in [-0.3, -0.25) is 4.79 Å². The second-order valence-corrected chi connectivity index (χ2v) is 5.71. The number of nitrogens with one attached hydrogen (secondary N) is 1. The maximum atomic E-state index is 12.2. The van der Waals surface area contributed by atoms with Gasteiger partial charge in [-0.15, -0.1) is 0 Å². The molecule has 0 spiro atoms. The molecule has 0 radical (unpaired) electrons. The number of rotatable bonds is 3. The minimum atomic E-state index is -0.619.